The van der Waals surface area contributed by atoms with E-state index < -0.39 is 16.0 Å². The number of anilines is 1. The molecular weight excluding hydrogens is 428 g/mol. The van der Waals surface area contributed by atoms with Crippen LogP contribution in [-0.4, -0.2) is 31.7 Å². The average molecular weight is 453 g/mol. The minimum Gasteiger partial charge on any atom is -0.487 e. The molecule has 0 spiro atoms. The Morgan fingerprint density at radius 3 is 2.56 bits per heavy atom. The number of carbonyl (C=O) groups is 1. The predicted molar refractivity (Wildman–Crippen MR) is 121 cm³/mol. The van der Waals surface area contributed by atoms with E-state index in [0.717, 1.165) is 16.8 Å². The fraction of sp³-hybridized carbons (Fsp3) is 0.250. The van der Waals surface area contributed by atoms with Gasteiger partial charge in [-0.15, -0.1) is 0 Å². The molecule has 1 atom stereocenters. The second-order valence-corrected chi connectivity index (χ2v) is 9.64. The van der Waals surface area contributed by atoms with E-state index in [1.54, 1.807) is 24.4 Å². The van der Waals surface area contributed by atoms with Gasteiger partial charge in [-0.05, 0) is 66.9 Å². The van der Waals surface area contributed by atoms with Gasteiger partial charge >= 0.3 is 5.97 Å². The summed E-state index contributed by atoms with van der Waals surface area (Å²) in [5.41, 5.74) is 3.53. The second kappa shape index (κ2) is 9.00. The van der Waals surface area contributed by atoms with E-state index in [0.29, 0.717) is 30.0 Å². The van der Waals surface area contributed by atoms with Gasteiger partial charge in [-0.1, -0.05) is 18.2 Å². The molecule has 0 saturated heterocycles. The number of pyridine rings is 1. The van der Waals surface area contributed by atoms with Gasteiger partial charge in [0.05, 0.1) is 23.2 Å². The van der Waals surface area contributed by atoms with Gasteiger partial charge in [-0.3, -0.25) is 9.29 Å². The van der Waals surface area contributed by atoms with Gasteiger partial charge in [0.15, 0.2) is 0 Å². The first kappa shape index (κ1) is 21.8. The van der Waals surface area contributed by atoms with Crippen LogP contribution in [0.3, 0.4) is 0 Å². The van der Waals surface area contributed by atoms with Crippen LogP contribution in [0.15, 0.2) is 66.9 Å². The number of aromatic nitrogens is 1. The van der Waals surface area contributed by atoms with Crippen molar-refractivity contribution in [2.24, 2.45) is 0 Å². The Morgan fingerprint density at radius 1 is 1.09 bits per heavy atom. The zero-order valence-electron chi connectivity index (χ0n) is 17.9. The van der Waals surface area contributed by atoms with Crippen LogP contribution < -0.4 is 9.04 Å². The minimum absolute atomic E-state index is 0.127. The minimum atomic E-state index is -3.36. The predicted octanol–water partition coefficient (Wildman–Crippen LogP) is 3.73. The van der Waals surface area contributed by atoms with Crippen LogP contribution in [0.4, 0.5) is 5.69 Å². The molecule has 2 aromatic carbocycles. The first-order chi connectivity index (χ1) is 15.3. The number of benzene rings is 2. The van der Waals surface area contributed by atoms with Crippen molar-refractivity contribution in [3.05, 3.63) is 89.2 Å². The van der Waals surface area contributed by atoms with Crippen LogP contribution in [0.25, 0.3) is 0 Å². The molecule has 1 aliphatic heterocycles. The SMILES string of the molecule is CC1Cc2cc(C(=O)OCc3ccc(OCc4ccccn4)cc3)ccc2N1S(C)(=O)=O. The molecule has 1 aliphatic rings. The van der Waals surface area contributed by atoms with Gasteiger partial charge < -0.3 is 9.47 Å². The molecule has 7 nitrogen and oxygen atoms in total. The molecule has 0 amide bonds. The van der Waals surface area contributed by atoms with E-state index in [2.05, 4.69) is 4.98 Å². The van der Waals surface area contributed by atoms with Crippen molar-refractivity contribution >= 4 is 21.7 Å². The molecule has 0 fully saturated rings. The molecule has 8 heteroatoms. The second-order valence-electron chi connectivity index (χ2n) is 7.79. The fourth-order valence-electron chi connectivity index (χ4n) is 3.79. The lowest BCUT2D eigenvalue weighted by molar-refractivity contribution is 0.0472. The van der Waals surface area contributed by atoms with E-state index in [1.807, 2.05) is 49.4 Å². The van der Waals surface area contributed by atoms with Crippen LogP contribution >= 0.6 is 0 Å². The van der Waals surface area contributed by atoms with Crippen molar-refractivity contribution in [2.75, 3.05) is 10.6 Å². The van der Waals surface area contributed by atoms with E-state index in [-0.39, 0.29) is 12.6 Å². The topological polar surface area (TPSA) is 85.8 Å². The lowest BCUT2D eigenvalue weighted by Gasteiger charge is -2.21. The summed E-state index contributed by atoms with van der Waals surface area (Å²) in [6.07, 6.45) is 3.47. The van der Waals surface area contributed by atoms with Gasteiger partial charge in [-0.25, -0.2) is 13.2 Å². The third-order valence-electron chi connectivity index (χ3n) is 5.23. The number of sulfonamides is 1. The number of nitrogens with zero attached hydrogens (tertiary/aromatic N) is 2. The maximum absolute atomic E-state index is 12.5. The zero-order chi connectivity index (χ0) is 22.7. The Labute approximate surface area is 187 Å². The van der Waals surface area contributed by atoms with Gasteiger partial charge in [0, 0.05) is 12.2 Å². The van der Waals surface area contributed by atoms with E-state index in [4.69, 9.17) is 9.47 Å². The standard InChI is InChI=1S/C24H24N2O5S/c1-17-13-20-14-19(8-11-23(20)26(17)32(2,28)29)24(27)31-15-18-6-9-22(10-7-18)30-16-21-5-3-4-12-25-21/h3-12,14,17H,13,15-16H2,1-2H3. The highest BCUT2D eigenvalue weighted by Gasteiger charge is 2.32. The lowest BCUT2D eigenvalue weighted by atomic mass is 10.1. The van der Waals surface area contributed by atoms with Crippen molar-refractivity contribution in [3.63, 3.8) is 0 Å². The van der Waals surface area contributed by atoms with E-state index in [1.165, 1.54) is 10.6 Å². The number of carbonyl (C=O) groups excluding carboxylic acids is 1. The lowest BCUT2D eigenvalue weighted by Crippen LogP contribution is -2.34. The highest BCUT2D eigenvalue weighted by atomic mass is 32.2. The van der Waals surface area contributed by atoms with E-state index in [9.17, 15) is 13.2 Å². The van der Waals surface area contributed by atoms with Crippen LogP contribution in [0.5, 0.6) is 5.75 Å². The summed E-state index contributed by atoms with van der Waals surface area (Å²) in [4.78, 5) is 16.7. The highest BCUT2D eigenvalue weighted by molar-refractivity contribution is 7.92. The summed E-state index contributed by atoms with van der Waals surface area (Å²) in [5, 5.41) is 0. The smallest absolute Gasteiger partial charge is 0.338 e. The van der Waals surface area contributed by atoms with E-state index >= 15 is 0 Å². The largest absolute Gasteiger partial charge is 0.487 e. The van der Waals surface area contributed by atoms with Crippen LogP contribution in [0.1, 0.15) is 34.1 Å². The molecule has 1 aromatic heterocycles. The first-order valence-corrected chi connectivity index (χ1v) is 12.1. The molecule has 4 rings (SSSR count). The van der Waals surface area contributed by atoms with Crippen molar-refractivity contribution in [2.45, 2.75) is 32.6 Å². The number of rotatable bonds is 7. The molecule has 3 aromatic rings. The Balaban J connectivity index is 1.35. The Bertz CT molecular complexity index is 1210. The number of ether oxygens (including phenoxy) is 2. The summed E-state index contributed by atoms with van der Waals surface area (Å²) in [6.45, 7) is 2.36. The molecule has 0 saturated carbocycles. The Hall–Kier alpha value is -3.39. The van der Waals surface area contributed by atoms with Gasteiger partial charge in [0.2, 0.25) is 10.0 Å². The highest BCUT2D eigenvalue weighted by Crippen LogP contribution is 2.34. The summed E-state index contributed by atoms with van der Waals surface area (Å²) in [5.74, 6) is 0.252. The number of fused-ring (bicyclic) bond motifs is 1. The van der Waals surface area contributed by atoms with Gasteiger partial charge in [-0.2, -0.15) is 0 Å². The Morgan fingerprint density at radius 2 is 1.88 bits per heavy atom. The summed E-state index contributed by atoms with van der Waals surface area (Å²) in [7, 11) is -3.36. The molecular formula is C24H24N2O5S. The molecule has 1 unspecified atom stereocenters. The monoisotopic (exact) mass is 452 g/mol. The molecule has 0 radical (unpaired) electrons. The molecule has 32 heavy (non-hydrogen) atoms. The summed E-state index contributed by atoms with van der Waals surface area (Å²) < 4.78 is 36.6. The molecule has 0 aliphatic carbocycles. The van der Waals surface area contributed by atoms with Gasteiger partial charge in [0.25, 0.3) is 0 Å². The number of esters is 1. The maximum Gasteiger partial charge on any atom is 0.338 e. The fourth-order valence-corrected chi connectivity index (χ4v) is 5.05. The summed E-state index contributed by atoms with van der Waals surface area (Å²) >= 11 is 0. The van der Waals surface area contributed by atoms with Crippen LogP contribution in [0.2, 0.25) is 0 Å². The number of hydrogen-bond donors (Lipinski definition) is 0. The average Bonchev–Trinajstić information content (AvgIpc) is 3.12. The summed E-state index contributed by atoms with van der Waals surface area (Å²) in [6, 6.07) is 17.8. The zero-order valence-corrected chi connectivity index (χ0v) is 18.7. The quantitative estimate of drug-likeness (QED) is 0.508. The molecule has 0 bridgehead atoms. The number of hydrogen-bond acceptors (Lipinski definition) is 6. The Kier molecular flexibility index (Phi) is 6.14. The maximum atomic E-state index is 12.5. The van der Waals surface area contributed by atoms with Crippen molar-refractivity contribution in [3.8, 4) is 5.75 Å². The van der Waals surface area contributed by atoms with Crippen molar-refractivity contribution in [1.29, 1.82) is 0 Å². The van der Waals surface area contributed by atoms with Gasteiger partial charge in [0.1, 0.15) is 19.0 Å². The third kappa shape index (κ3) is 4.91. The normalized spacial score (nSPS) is 15.3. The van der Waals surface area contributed by atoms with Crippen LogP contribution in [-0.2, 0) is 34.4 Å². The molecule has 2 heterocycles. The van der Waals surface area contributed by atoms with Crippen LogP contribution in [0, 0.1) is 0 Å². The molecule has 166 valence electrons. The third-order valence-corrected chi connectivity index (χ3v) is 6.50. The van der Waals surface area contributed by atoms with Crippen molar-refractivity contribution in [1.82, 2.24) is 4.98 Å². The van der Waals surface area contributed by atoms with Crippen molar-refractivity contribution < 1.29 is 22.7 Å². The first-order valence-electron chi connectivity index (χ1n) is 10.2. The molecule has 0 N–H and O–H groups in total.